The molecule has 7 heteroatoms. The van der Waals surface area contributed by atoms with Crippen LogP contribution in [0.2, 0.25) is 0 Å². The van der Waals surface area contributed by atoms with Crippen molar-refractivity contribution in [3.8, 4) is 0 Å². The molecule has 0 N–H and O–H groups in total. The molecular formula is C20H21N3O3S. The molecule has 1 aliphatic rings. The van der Waals surface area contributed by atoms with Gasteiger partial charge in [-0.2, -0.15) is 0 Å². The van der Waals surface area contributed by atoms with Crippen LogP contribution in [0.15, 0.2) is 53.7 Å². The van der Waals surface area contributed by atoms with Crippen molar-refractivity contribution in [2.45, 2.75) is 31.5 Å². The van der Waals surface area contributed by atoms with E-state index in [-0.39, 0.29) is 23.4 Å². The molecule has 140 valence electrons. The van der Waals surface area contributed by atoms with Gasteiger partial charge in [0.1, 0.15) is 6.54 Å². The molecule has 27 heavy (non-hydrogen) atoms. The van der Waals surface area contributed by atoms with Crippen LogP contribution < -0.4 is 4.90 Å². The van der Waals surface area contributed by atoms with Crippen molar-refractivity contribution in [1.29, 1.82) is 0 Å². The maximum absolute atomic E-state index is 13.1. The Morgan fingerprint density at radius 2 is 1.85 bits per heavy atom. The van der Waals surface area contributed by atoms with E-state index in [0.29, 0.717) is 17.6 Å². The molecule has 0 spiro atoms. The molecule has 0 saturated carbocycles. The molecule has 6 nitrogen and oxygen atoms in total. The molecule has 1 aromatic heterocycles. The lowest BCUT2D eigenvalue weighted by molar-refractivity contribution is -0.119. The number of amides is 1. The summed E-state index contributed by atoms with van der Waals surface area (Å²) in [5.41, 5.74) is 3.30. The zero-order valence-electron chi connectivity index (χ0n) is 15.1. The topological polar surface area (TPSA) is 72.3 Å². The number of sulfone groups is 1. The third-order valence-corrected chi connectivity index (χ3v) is 6.61. The highest BCUT2D eigenvalue weighted by Gasteiger charge is 2.27. The van der Waals surface area contributed by atoms with E-state index in [1.165, 1.54) is 4.57 Å². The minimum absolute atomic E-state index is 0.0372. The first-order chi connectivity index (χ1) is 13.0. The van der Waals surface area contributed by atoms with Crippen molar-refractivity contribution < 1.29 is 13.2 Å². The van der Waals surface area contributed by atoms with E-state index in [1.807, 2.05) is 36.4 Å². The number of hydrogen-bond acceptors (Lipinski definition) is 4. The maximum atomic E-state index is 13.1. The number of para-hydroxylation sites is 3. The van der Waals surface area contributed by atoms with Gasteiger partial charge in [0.2, 0.25) is 20.9 Å². The summed E-state index contributed by atoms with van der Waals surface area (Å²) in [5, 5.41) is -0.0372. The summed E-state index contributed by atoms with van der Waals surface area (Å²) in [6, 6.07) is 15.1. The van der Waals surface area contributed by atoms with Crippen LogP contribution in [0.1, 0.15) is 18.9 Å². The molecule has 3 aromatic rings. The summed E-state index contributed by atoms with van der Waals surface area (Å²) in [5.74, 6) is -0.185. The zero-order valence-corrected chi connectivity index (χ0v) is 15.9. The normalized spacial score (nSPS) is 14.3. The van der Waals surface area contributed by atoms with Gasteiger partial charge in [0.05, 0.1) is 16.8 Å². The fraction of sp³-hybridized carbons (Fsp3) is 0.300. The number of hydrogen-bond donors (Lipinski definition) is 0. The third-order valence-electron chi connectivity index (χ3n) is 4.98. The molecule has 1 aliphatic heterocycles. The Morgan fingerprint density at radius 1 is 1.11 bits per heavy atom. The van der Waals surface area contributed by atoms with Crippen LogP contribution >= 0.6 is 0 Å². The molecule has 0 atom stereocenters. The quantitative estimate of drug-likeness (QED) is 0.694. The fourth-order valence-corrected chi connectivity index (χ4v) is 4.58. The van der Waals surface area contributed by atoms with Gasteiger partial charge in [0, 0.05) is 12.2 Å². The second-order valence-electron chi connectivity index (χ2n) is 6.65. The molecular weight excluding hydrogens is 362 g/mol. The molecule has 0 saturated heterocycles. The van der Waals surface area contributed by atoms with Gasteiger partial charge in [-0.15, -0.1) is 0 Å². The molecule has 4 rings (SSSR count). The Labute approximate surface area is 158 Å². The van der Waals surface area contributed by atoms with Crippen molar-refractivity contribution in [1.82, 2.24) is 9.55 Å². The van der Waals surface area contributed by atoms with Crippen LogP contribution in [0.5, 0.6) is 0 Å². The summed E-state index contributed by atoms with van der Waals surface area (Å²) in [7, 11) is -3.55. The highest BCUT2D eigenvalue weighted by molar-refractivity contribution is 7.91. The summed E-state index contributed by atoms with van der Waals surface area (Å²) < 4.78 is 26.6. The average Bonchev–Trinajstić information content (AvgIpc) is 3.07. The third kappa shape index (κ3) is 3.12. The van der Waals surface area contributed by atoms with Crippen molar-refractivity contribution in [2.75, 3.05) is 17.2 Å². The first kappa shape index (κ1) is 17.7. The largest absolute Gasteiger partial charge is 0.311 e. The number of fused-ring (bicyclic) bond motifs is 2. The SMILES string of the molecule is CCS(=O)(=O)c1nc2ccccc2n1CC(=O)N1CCCc2ccccc21. The van der Waals surface area contributed by atoms with E-state index in [1.54, 1.807) is 24.0 Å². The summed E-state index contributed by atoms with van der Waals surface area (Å²) in [6.07, 6.45) is 1.84. The number of nitrogens with zero attached hydrogens (tertiary/aromatic N) is 3. The molecule has 0 radical (unpaired) electrons. The second kappa shape index (κ2) is 6.81. The van der Waals surface area contributed by atoms with E-state index in [4.69, 9.17) is 0 Å². The van der Waals surface area contributed by atoms with E-state index >= 15 is 0 Å². The van der Waals surface area contributed by atoms with Gasteiger partial charge >= 0.3 is 0 Å². The molecule has 2 aromatic carbocycles. The number of anilines is 1. The maximum Gasteiger partial charge on any atom is 0.247 e. The van der Waals surface area contributed by atoms with Gasteiger partial charge in [-0.05, 0) is 36.6 Å². The average molecular weight is 383 g/mol. The summed E-state index contributed by atoms with van der Waals surface area (Å²) in [6.45, 7) is 2.17. The Morgan fingerprint density at radius 3 is 2.67 bits per heavy atom. The van der Waals surface area contributed by atoms with Crippen LogP contribution in [0.3, 0.4) is 0 Å². The molecule has 0 unspecified atom stereocenters. The monoisotopic (exact) mass is 383 g/mol. The minimum atomic E-state index is -3.55. The van der Waals surface area contributed by atoms with Gasteiger partial charge in [-0.3, -0.25) is 4.79 Å². The van der Waals surface area contributed by atoms with E-state index in [0.717, 1.165) is 24.1 Å². The lowest BCUT2D eigenvalue weighted by atomic mass is 10.0. The second-order valence-corrected chi connectivity index (χ2v) is 8.82. The van der Waals surface area contributed by atoms with Gasteiger partial charge < -0.3 is 9.47 Å². The highest BCUT2D eigenvalue weighted by Crippen LogP contribution is 2.28. The number of carbonyl (C=O) groups excluding carboxylic acids is 1. The Bertz CT molecular complexity index is 1120. The minimum Gasteiger partial charge on any atom is -0.311 e. The highest BCUT2D eigenvalue weighted by atomic mass is 32.2. The smallest absolute Gasteiger partial charge is 0.247 e. The first-order valence-corrected chi connectivity index (χ1v) is 10.7. The Hall–Kier alpha value is -2.67. The van der Waals surface area contributed by atoms with Crippen LogP contribution in [-0.2, 0) is 27.6 Å². The number of imidazole rings is 1. The van der Waals surface area contributed by atoms with Crippen LogP contribution in [0, 0.1) is 0 Å². The predicted octanol–water partition coefficient (Wildman–Crippen LogP) is 2.81. The van der Waals surface area contributed by atoms with Crippen molar-refractivity contribution in [3.63, 3.8) is 0 Å². The number of aromatic nitrogens is 2. The van der Waals surface area contributed by atoms with E-state index < -0.39 is 9.84 Å². The lowest BCUT2D eigenvalue weighted by Crippen LogP contribution is -2.38. The molecule has 0 fully saturated rings. The standard InChI is InChI=1S/C20H21N3O3S/c1-2-27(25,26)20-21-16-10-4-6-12-18(16)23(20)14-19(24)22-13-7-9-15-8-3-5-11-17(15)22/h3-6,8,10-12H,2,7,9,13-14H2,1H3. The van der Waals surface area contributed by atoms with E-state index in [2.05, 4.69) is 4.98 Å². The Kier molecular flexibility index (Phi) is 4.47. The van der Waals surface area contributed by atoms with Gasteiger partial charge in [-0.25, -0.2) is 13.4 Å². The number of rotatable bonds is 4. The Balaban J connectivity index is 1.76. The summed E-state index contributed by atoms with van der Waals surface area (Å²) >= 11 is 0. The molecule has 0 aliphatic carbocycles. The molecule has 2 heterocycles. The van der Waals surface area contributed by atoms with E-state index in [9.17, 15) is 13.2 Å². The van der Waals surface area contributed by atoms with Gasteiger partial charge in [0.25, 0.3) is 0 Å². The van der Waals surface area contributed by atoms with Crippen molar-refractivity contribution in [3.05, 3.63) is 54.1 Å². The lowest BCUT2D eigenvalue weighted by Gasteiger charge is -2.29. The van der Waals surface area contributed by atoms with Crippen LogP contribution in [0.25, 0.3) is 11.0 Å². The number of benzene rings is 2. The predicted molar refractivity (Wildman–Crippen MR) is 105 cm³/mol. The van der Waals surface area contributed by atoms with Gasteiger partial charge in [0.15, 0.2) is 0 Å². The van der Waals surface area contributed by atoms with Crippen LogP contribution in [-0.4, -0.2) is 36.2 Å². The number of carbonyl (C=O) groups is 1. The van der Waals surface area contributed by atoms with Crippen molar-refractivity contribution >= 4 is 32.5 Å². The number of aryl methyl sites for hydroxylation is 1. The first-order valence-electron chi connectivity index (χ1n) is 9.07. The van der Waals surface area contributed by atoms with Gasteiger partial charge in [-0.1, -0.05) is 37.3 Å². The zero-order chi connectivity index (χ0) is 19.0. The molecule has 1 amide bonds. The van der Waals surface area contributed by atoms with Crippen molar-refractivity contribution in [2.24, 2.45) is 0 Å². The molecule has 0 bridgehead atoms. The fourth-order valence-electron chi connectivity index (χ4n) is 3.59. The summed E-state index contributed by atoms with van der Waals surface area (Å²) in [4.78, 5) is 19.2. The van der Waals surface area contributed by atoms with Crippen LogP contribution in [0.4, 0.5) is 5.69 Å².